The fraction of sp³-hybridized carbons (Fsp3) is 0.429. The number of fused-ring (bicyclic) bond motifs is 3. The van der Waals surface area contributed by atoms with E-state index in [1.165, 1.54) is 6.92 Å². The molecule has 0 heterocycles. The molecule has 2 aromatic rings. The van der Waals surface area contributed by atoms with Crippen molar-refractivity contribution in [2.24, 2.45) is 5.92 Å². The number of carbonyl (C=O) groups excluding carboxylic acids is 2. The number of ether oxygens (including phenoxy) is 1. The first kappa shape index (κ1) is 25.4. The molecule has 8 nitrogen and oxygen atoms in total. The number of hydrogen-bond acceptors (Lipinski definition) is 8. The van der Waals surface area contributed by atoms with Crippen LogP contribution in [-0.4, -0.2) is 61.7 Å². The number of ketones is 2. The van der Waals surface area contributed by atoms with Crippen LogP contribution in [0.15, 0.2) is 17.7 Å². The molecule has 0 fully saturated rings. The van der Waals surface area contributed by atoms with Crippen molar-refractivity contribution in [3.05, 3.63) is 45.5 Å². The summed E-state index contributed by atoms with van der Waals surface area (Å²) in [5.41, 5.74) is 2.97. The molecule has 8 heteroatoms. The van der Waals surface area contributed by atoms with E-state index < -0.39 is 17.3 Å². The van der Waals surface area contributed by atoms with Crippen molar-refractivity contribution >= 4 is 28.7 Å². The Kier molecular flexibility index (Phi) is 6.64. The van der Waals surface area contributed by atoms with Crippen LogP contribution < -0.4 is 14.5 Å². The lowest BCUT2D eigenvalue weighted by molar-refractivity contribution is 0.100. The number of rotatable bonds is 7. The average molecular weight is 495 g/mol. The van der Waals surface area contributed by atoms with E-state index in [-0.39, 0.29) is 34.1 Å². The maximum Gasteiger partial charge on any atom is 0.197 e. The minimum absolute atomic E-state index is 0.0415. The quantitative estimate of drug-likeness (QED) is 0.381. The second-order valence-corrected chi connectivity index (χ2v) is 9.95. The molecule has 0 radical (unpaired) electrons. The maximum atomic E-state index is 13.9. The van der Waals surface area contributed by atoms with Crippen LogP contribution in [0.3, 0.4) is 0 Å². The summed E-state index contributed by atoms with van der Waals surface area (Å²) < 4.78 is 6.02. The monoisotopic (exact) mass is 494 g/mol. The van der Waals surface area contributed by atoms with Gasteiger partial charge in [-0.25, -0.2) is 0 Å². The first-order valence-corrected chi connectivity index (χ1v) is 12.2. The first-order valence-electron chi connectivity index (χ1n) is 12.2. The van der Waals surface area contributed by atoms with Crippen LogP contribution in [0.5, 0.6) is 17.2 Å². The van der Waals surface area contributed by atoms with Gasteiger partial charge in [-0.3, -0.25) is 9.59 Å². The predicted octanol–water partition coefficient (Wildman–Crippen LogP) is 4.49. The highest BCUT2D eigenvalue weighted by Crippen LogP contribution is 2.52. The van der Waals surface area contributed by atoms with Crippen molar-refractivity contribution in [1.29, 1.82) is 0 Å². The second-order valence-electron chi connectivity index (χ2n) is 9.95. The number of aliphatic hydroxyl groups is 1. The number of aliphatic hydroxyl groups excluding tert-OH is 1. The third kappa shape index (κ3) is 3.85. The lowest BCUT2D eigenvalue weighted by atomic mass is 9.70. The van der Waals surface area contributed by atoms with Crippen LogP contribution >= 0.6 is 0 Å². The molecule has 0 bridgehead atoms. The van der Waals surface area contributed by atoms with Crippen molar-refractivity contribution in [3.8, 4) is 17.2 Å². The number of carbonyl (C=O) groups is 2. The van der Waals surface area contributed by atoms with E-state index in [1.54, 1.807) is 19.0 Å². The maximum absolute atomic E-state index is 13.9. The number of Topliss-reactive ketones (excluding diaryl/α,β-unsaturated/α-hetero) is 2. The second kappa shape index (κ2) is 9.41. The number of anilines is 2. The van der Waals surface area contributed by atoms with E-state index >= 15 is 0 Å². The topological polar surface area (TPSA) is 111 Å². The summed E-state index contributed by atoms with van der Waals surface area (Å²) in [6, 6.07) is 3.77. The number of benzene rings is 2. The fourth-order valence-electron chi connectivity index (χ4n) is 5.49. The standard InChI is InChI=1S/C28H34N2O6/c1-7-8-11-36-19-10-9-18(29(3)4)16-12-15-13-17-23(27(34)21(15)26(33)22(16)19)25(32)20(14(2)31)28(35)24(17)30(5)6/h9-10,15,32-33,35H,7-8,11-13H2,1-6H3. The Morgan fingerprint density at radius 3 is 2.25 bits per heavy atom. The van der Waals surface area contributed by atoms with E-state index in [4.69, 9.17) is 4.74 Å². The summed E-state index contributed by atoms with van der Waals surface area (Å²) in [5, 5.41) is 33.4. The smallest absolute Gasteiger partial charge is 0.197 e. The highest BCUT2D eigenvalue weighted by molar-refractivity contribution is 6.20. The van der Waals surface area contributed by atoms with Gasteiger partial charge in [0.05, 0.1) is 23.4 Å². The molecule has 1 atom stereocenters. The normalized spacial score (nSPS) is 16.3. The van der Waals surface area contributed by atoms with Crippen molar-refractivity contribution < 1.29 is 29.6 Å². The Morgan fingerprint density at radius 1 is 1.00 bits per heavy atom. The highest BCUT2D eigenvalue weighted by Gasteiger charge is 2.43. The summed E-state index contributed by atoms with van der Waals surface area (Å²) in [4.78, 5) is 29.8. The zero-order chi connectivity index (χ0) is 26.5. The van der Waals surface area contributed by atoms with Gasteiger partial charge >= 0.3 is 0 Å². The van der Waals surface area contributed by atoms with Crippen LogP contribution in [0.25, 0.3) is 5.76 Å². The average Bonchev–Trinajstić information content (AvgIpc) is 2.78. The number of allylic oxidation sites excluding steroid dienone is 1. The highest BCUT2D eigenvalue weighted by atomic mass is 16.5. The lowest BCUT2D eigenvalue weighted by Crippen LogP contribution is -2.32. The fourth-order valence-corrected chi connectivity index (χ4v) is 5.49. The van der Waals surface area contributed by atoms with Gasteiger partial charge in [0.1, 0.15) is 22.8 Å². The largest absolute Gasteiger partial charge is 0.507 e. The molecule has 0 spiro atoms. The molecule has 2 aliphatic rings. The van der Waals surface area contributed by atoms with Gasteiger partial charge in [-0.15, -0.1) is 0 Å². The van der Waals surface area contributed by atoms with Crippen LogP contribution in [0.1, 0.15) is 64.1 Å². The van der Waals surface area contributed by atoms with Crippen molar-refractivity contribution in [1.82, 2.24) is 0 Å². The number of aromatic hydroxyl groups is 2. The van der Waals surface area contributed by atoms with Crippen molar-refractivity contribution in [2.75, 3.05) is 44.6 Å². The molecule has 0 amide bonds. The van der Waals surface area contributed by atoms with Gasteiger partial charge in [0.2, 0.25) is 0 Å². The van der Waals surface area contributed by atoms with Gasteiger partial charge in [0.25, 0.3) is 0 Å². The number of phenolic OH excluding ortho intramolecular Hbond substituents is 2. The van der Waals surface area contributed by atoms with Gasteiger partial charge in [-0.1, -0.05) is 13.3 Å². The van der Waals surface area contributed by atoms with Crippen molar-refractivity contribution in [3.63, 3.8) is 0 Å². The Morgan fingerprint density at radius 2 is 1.67 bits per heavy atom. The van der Waals surface area contributed by atoms with E-state index in [2.05, 4.69) is 6.92 Å². The van der Waals surface area contributed by atoms with Gasteiger partial charge in [0, 0.05) is 39.5 Å². The molecule has 3 N–H and O–H groups in total. The lowest BCUT2D eigenvalue weighted by Gasteiger charge is -2.36. The Balaban J connectivity index is 1.98. The minimum Gasteiger partial charge on any atom is -0.507 e. The van der Waals surface area contributed by atoms with Crippen LogP contribution in [-0.2, 0) is 12.8 Å². The molecule has 2 aliphatic carbocycles. The SMILES string of the molecule is CCCCOc1ccc(N(C)C)c2c1C(O)=C1C(=O)c3c(O)c(C(C)=O)c(O)c(N(C)C)c3CC1C2. The van der Waals surface area contributed by atoms with Gasteiger partial charge < -0.3 is 29.9 Å². The Labute approximate surface area is 211 Å². The summed E-state index contributed by atoms with van der Waals surface area (Å²) in [6.45, 7) is 3.78. The van der Waals surface area contributed by atoms with Crippen LogP contribution in [0, 0.1) is 5.92 Å². The van der Waals surface area contributed by atoms with Crippen LogP contribution in [0.2, 0.25) is 0 Å². The molecular formula is C28H34N2O6. The van der Waals surface area contributed by atoms with E-state index in [9.17, 15) is 24.9 Å². The van der Waals surface area contributed by atoms with Crippen LogP contribution in [0.4, 0.5) is 11.4 Å². The van der Waals surface area contributed by atoms with E-state index in [1.807, 2.05) is 31.1 Å². The first-order chi connectivity index (χ1) is 17.0. The number of phenols is 2. The number of unbranched alkanes of at least 4 members (excludes halogenated alkanes) is 1. The molecule has 36 heavy (non-hydrogen) atoms. The molecule has 0 aromatic heterocycles. The minimum atomic E-state index is -0.555. The predicted molar refractivity (Wildman–Crippen MR) is 140 cm³/mol. The zero-order valence-electron chi connectivity index (χ0n) is 21.7. The van der Waals surface area contributed by atoms with Gasteiger partial charge in [0.15, 0.2) is 17.3 Å². The molecule has 0 aliphatic heterocycles. The molecular weight excluding hydrogens is 460 g/mol. The molecule has 4 rings (SSSR count). The Bertz CT molecular complexity index is 1290. The van der Waals surface area contributed by atoms with E-state index in [0.29, 0.717) is 42.0 Å². The van der Waals surface area contributed by atoms with Gasteiger partial charge in [-0.2, -0.15) is 0 Å². The Hall–Kier alpha value is -3.68. The number of hydrogen-bond donors (Lipinski definition) is 3. The summed E-state index contributed by atoms with van der Waals surface area (Å²) in [6.07, 6.45) is 2.60. The third-order valence-electron chi connectivity index (χ3n) is 7.08. The zero-order valence-corrected chi connectivity index (χ0v) is 21.7. The van der Waals surface area contributed by atoms with E-state index in [0.717, 1.165) is 24.1 Å². The third-order valence-corrected chi connectivity index (χ3v) is 7.08. The summed E-state index contributed by atoms with van der Waals surface area (Å²) >= 11 is 0. The molecule has 2 aromatic carbocycles. The molecule has 0 saturated heterocycles. The number of nitrogens with zero attached hydrogens (tertiary/aromatic N) is 2. The van der Waals surface area contributed by atoms with Crippen molar-refractivity contribution in [2.45, 2.75) is 39.5 Å². The molecule has 192 valence electrons. The molecule has 0 saturated carbocycles. The van der Waals surface area contributed by atoms with Gasteiger partial charge in [-0.05, 0) is 55.4 Å². The summed E-state index contributed by atoms with van der Waals surface area (Å²) in [5.74, 6) is -2.00. The summed E-state index contributed by atoms with van der Waals surface area (Å²) in [7, 11) is 7.27. The molecule has 1 unspecified atom stereocenters.